The lowest BCUT2D eigenvalue weighted by molar-refractivity contribution is -0.139. The van der Waals surface area contributed by atoms with Crippen LogP contribution in [-0.4, -0.2) is 84.2 Å². The van der Waals surface area contributed by atoms with Gasteiger partial charge in [0.05, 0.1) is 24.9 Å². The number of hydrogen-bond acceptors (Lipinski definition) is 7. The summed E-state index contributed by atoms with van der Waals surface area (Å²) in [4.78, 5) is 37.8. The Balaban J connectivity index is 1.31. The minimum Gasteiger partial charge on any atom is -0.376 e. The van der Waals surface area contributed by atoms with Gasteiger partial charge in [-0.25, -0.2) is 9.97 Å². The number of nitrogens with zero attached hydrogens (tertiary/aromatic N) is 4. The number of hydrogen-bond donors (Lipinski definition) is 1. The highest BCUT2D eigenvalue weighted by molar-refractivity contribution is 5.77. The molecule has 1 unspecified atom stereocenters. The van der Waals surface area contributed by atoms with Crippen molar-refractivity contribution in [1.29, 1.82) is 0 Å². The van der Waals surface area contributed by atoms with Crippen molar-refractivity contribution >= 4 is 17.6 Å². The monoisotopic (exact) mass is 445 g/mol. The molecule has 2 fully saturated rings. The second-order valence-electron chi connectivity index (χ2n) is 8.96. The van der Waals surface area contributed by atoms with E-state index < -0.39 is 0 Å². The lowest BCUT2D eigenvalue weighted by atomic mass is 9.95. The van der Waals surface area contributed by atoms with E-state index in [1.165, 1.54) is 6.42 Å². The largest absolute Gasteiger partial charge is 0.376 e. The molecular weight excluding hydrogens is 410 g/mol. The van der Waals surface area contributed by atoms with E-state index in [9.17, 15) is 9.59 Å². The fourth-order valence-electron chi connectivity index (χ4n) is 4.80. The van der Waals surface area contributed by atoms with Gasteiger partial charge in [-0.15, -0.1) is 0 Å². The first-order chi connectivity index (χ1) is 15.5. The molecular formula is C23H35N5O4. The number of piperidine rings is 1. The number of carbonyl (C=O) groups is 2. The van der Waals surface area contributed by atoms with Crippen LogP contribution in [0.2, 0.25) is 0 Å². The van der Waals surface area contributed by atoms with Gasteiger partial charge in [0.1, 0.15) is 18.2 Å². The number of rotatable bonds is 6. The standard InChI is InChI=1S/C23H35N5O4/c1-16(29)28-11-8-19-20(13-28)25-22(26-23(19)24-2)17-6-9-27(10-7-17)21(30)15-31-14-18-5-3-4-12-32-18/h17-18H,3-15H2,1-2H3,(H,24,25,26). The van der Waals surface area contributed by atoms with E-state index in [0.29, 0.717) is 32.8 Å². The van der Waals surface area contributed by atoms with Crippen molar-refractivity contribution < 1.29 is 19.1 Å². The highest BCUT2D eigenvalue weighted by Crippen LogP contribution is 2.30. The van der Waals surface area contributed by atoms with Crippen molar-refractivity contribution in [3.63, 3.8) is 0 Å². The minimum absolute atomic E-state index is 0.0404. The number of nitrogens with one attached hydrogen (secondary N) is 1. The van der Waals surface area contributed by atoms with Crippen LogP contribution in [0.1, 0.15) is 62.0 Å². The van der Waals surface area contributed by atoms with Crippen LogP contribution in [0.5, 0.6) is 0 Å². The minimum atomic E-state index is 0.0404. The molecule has 0 bridgehead atoms. The summed E-state index contributed by atoms with van der Waals surface area (Å²) in [5.41, 5.74) is 2.05. The van der Waals surface area contributed by atoms with Gasteiger partial charge in [-0.05, 0) is 38.5 Å². The Hall–Kier alpha value is -2.26. The molecule has 0 radical (unpaired) electrons. The molecule has 32 heavy (non-hydrogen) atoms. The molecule has 2 saturated heterocycles. The highest BCUT2D eigenvalue weighted by Gasteiger charge is 2.29. The third-order valence-corrected chi connectivity index (χ3v) is 6.78. The van der Waals surface area contributed by atoms with Crippen LogP contribution in [0.4, 0.5) is 5.82 Å². The maximum absolute atomic E-state index is 12.6. The molecule has 1 atom stereocenters. The molecule has 0 aromatic carbocycles. The number of aromatic nitrogens is 2. The van der Waals surface area contributed by atoms with Crippen molar-refractivity contribution in [2.24, 2.45) is 0 Å². The smallest absolute Gasteiger partial charge is 0.248 e. The van der Waals surface area contributed by atoms with E-state index in [2.05, 4.69) is 5.32 Å². The molecule has 4 rings (SSSR count). The number of anilines is 1. The maximum Gasteiger partial charge on any atom is 0.248 e. The Morgan fingerprint density at radius 1 is 1.12 bits per heavy atom. The molecule has 0 spiro atoms. The van der Waals surface area contributed by atoms with Crippen molar-refractivity contribution in [3.05, 3.63) is 17.1 Å². The van der Waals surface area contributed by atoms with Crippen LogP contribution in [0.3, 0.4) is 0 Å². The van der Waals surface area contributed by atoms with Crippen LogP contribution >= 0.6 is 0 Å². The van der Waals surface area contributed by atoms with Crippen molar-refractivity contribution in [2.45, 2.75) is 64.0 Å². The van der Waals surface area contributed by atoms with E-state index in [1.807, 2.05) is 16.8 Å². The molecule has 2 amide bonds. The molecule has 1 aromatic heterocycles. The molecule has 3 aliphatic rings. The number of likely N-dealkylation sites (tertiary alicyclic amines) is 1. The Morgan fingerprint density at radius 3 is 2.62 bits per heavy atom. The summed E-state index contributed by atoms with van der Waals surface area (Å²) in [5.74, 6) is 2.01. The van der Waals surface area contributed by atoms with Crippen molar-refractivity contribution in [3.8, 4) is 0 Å². The fourth-order valence-corrected chi connectivity index (χ4v) is 4.80. The SMILES string of the molecule is CNc1nc(C2CCN(C(=O)COCC3CCCCO3)CC2)nc2c1CCN(C(C)=O)C2. The lowest BCUT2D eigenvalue weighted by Gasteiger charge is -2.33. The van der Waals surface area contributed by atoms with Crippen LogP contribution in [0.25, 0.3) is 0 Å². The lowest BCUT2D eigenvalue weighted by Crippen LogP contribution is -2.41. The Labute approximate surface area is 189 Å². The summed E-state index contributed by atoms with van der Waals surface area (Å²) in [5, 5.41) is 3.21. The molecule has 1 aromatic rings. The first-order valence-electron chi connectivity index (χ1n) is 11.8. The normalized spacial score (nSPS) is 21.9. The first-order valence-corrected chi connectivity index (χ1v) is 11.8. The molecule has 3 aliphatic heterocycles. The van der Waals surface area contributed by atoms with Gasteiger partial charge in [-0.3, -0.25) is 9.59 Å². The number of carbonyl (C=O) groups excluding carboxylic acids is 2. The van der Waals surface area contributed by atoms with Gasteiger partial charge in [0, 0.05) is 51.7 Å². The van der Waals surface area contributed by atoms with Gasteiger partial charge in [0.2, 0.25) is 11.8 Å². The van der Waals surface area contributed by atoms with Gasteiger partial charge in [0.25, 0.3) is 0 Å². The Bertz CT molecular complexity index is 819. The highest BCUT2D eigenvalue weighted by atomic mass is 16.5. The molecule has 0 aliphatic carbocycles. The van der Waals surface area contributed by atoms with Crippen LogP contribution in [-0.2, 0) is 32.0 Å². The van der Waals surface area contributed by atoms with Gasteiger partial charge in [-0.1, -0.05) is 0 Å². The maximum atomic E-state index is 12.6. The van der Waals surface area contributed by atoms with Gasteiger partial charge in [-0.2, -0.15) is 0 Å². The molecule has 0 saturated carbocycles. The quantitative estimate of drug-likeness (QED) is 0.712. The summed E-state index contributed by atoms with van der Waals surface area (Å²) in [6.07, 6.45) is 5.85. The first kappa shape index (κ1) is 22.9. The predicted molar refractivity (Wildman–Crippen MR) is 119 cm³/mol. The number of amides is 2. The van der Waals surface area contributed by atoms with Crippen molar-refractivity contribution in [2.75, 3.05) is 51.8 Å². The van der Waals surface area contributed by atoms with Crippen LogP contribution < -0.4 is 5.32 Å². The van der Waals surface area contributed by atoms with Gasteiger partial charge < -0.3 is 24.6 Å². The third kappa shape index (κ3) is 5.38. The van der Waals surface area contributed by atoms with Gasteiger partial charge >= 0.3 is 0 Å². The molecule has 4 heterocycles. The van der Waals surface area contributed by atoms with Gasteiger partial charge in [0.15, 0.2) is 0 Å². The van der Waals surface area contributed by atoms with Crippen LogP contribution in [0.15, 0.2) is 0 Å². The average molecular weight is 446 g/mol. The van der Waals surface area contributed by atoms with E-state index >= 15 is 0 Å². The summed E-state index contributed by atoms with van der Waals surface area (Å²) in [6.45, 7) is 5.61. The Morgan fingerprint density at radius 2 is 1.94 bits per heavy atom. The van der Waals surface area contributed by atoms with E-state index in [4.69, 9.17) is 19.4 Å². The Kier molecular flexibility index (Phi) is 7.57. The number of fused-ring (bicyclic) bond motifs is 1. The third-order valence-electron chi connectivity index (χ3n) is 6.78. The summed E-state index contributed by atoms with van der Waals surface area (Å²) < 4.78 is 11.3. The van der Waals surface area contributed by atoms with Crippen molar-refractivity contribution in [1.82, 2.24) is 19.8 Å². The average Bonchev–Trinajstić information content (AvgIpc) is 2.83. The molecule has 9 nitrogen and oxygen atoms in total. The zero-order valence-electron chi connectivity index (χ0n) is 19.3. The molecule has 176 valence electrons. The number of ether oxygens (including phenoxy) is 2. The summed E-state index contributed by atoms with van der Waals surface area (Å²) in [6, 6.07) is 0. The summed E-state index contributed by atoms with van der Waals surface area (Å²) >= 11 is 0. The summed E-state index contributed by atoms with van der Waals surface area (Å²) in [7, 11) is 1.88. The molecule has 1 N–H and O–H groups in total. The van der Waals surface area contributed by atoms with E-state index in [1.54, 1.807) is 6.92 Å². The zero-order chi connectivity index (χ0) is 22.5. The second kappa shape index (κ2) is 10.6. The van der Waals surface area contributed by atoms with E-state index in [0.717, 1.165) is 61.6 Å². The molecule has 9 heteroatoms. The van der Waals surface area contributed by atoms with Crippen LogP contribution in [0, 0.1) is 0 Å². The predicted octanol–water partition coefficient (Wildman–Crippen LogP) is 1.71. The van der Waals surface area contributed by atoms with E-state index in [-0.39, 0.29) is 30.4 Å². The zero-order valence-corrected chi connectivity index (χ0v) is 19.3. The second-order valence-corrected chi connectivity index (χ2v) is 8.96. The fraction of sp³-hybridized carbons (Fsp3) is 0.739. The topological polar surface area (TPSA) is 96.9 Å².